The molecule has 0 radical (unpaired) electrons. The monoisotopic (exact) mass is 370 g/mol. The van der Waals surface area contributed by atoms with Gasteiger partial charge in [0.25, 0.3) is 10.0 Å². The predicted molar refractivity (Wildman–Crippen MR) is 81.7 cm³/mol. The average Bonchev–Trinajstić information content (AvgIpc) is 3.14. The molecule has 25 heavy (non-hydrogen) atoms. The Morgan fingerprint density at radius 1 is 1.40 bits per heavy atom. The molecule has 0 saturated carbocycles. The number of alkyl halides is 2. The number of nitrogens with zero attached hydrogens (tertiary/aromatic N) is 3. The molecule has 3 rings (SSSR count). The Morgan fingerprint density at radius 3 is 2.72 bits per heavy atom. The zero-order valence-electron chi connectivity index (χ0n) is 12.2. The van der Waals surface area contributed by atoms with Crippen LogP contribution in [0.1, 0.15) is 12.1 Å². The molecule has 12 heteroatoms. The Morgan fingerprint density at radius 2 is 2.12 bits per heavy atom. The lowest BCUT2D eigenvalue weighted by molar-refractivity contribution is 0.0590. The first-order chi connectivity index (χ1) is 11.8. The molecule has 4 N–H and O–H groups in total. The fraction of sp³-hybridized carbons (Fsp3) is 0.0769. The summed E-state index contributed by atoms with van der Waals surface area (Å²) in [5.41, 5.74) is 5.33. The third-order valence-electron chi connectivity index (χ3n) is 3.42. The highest BCUT2D eigenvalue weighted by atomic mass is 32.2. The van der Waals surface area contributed by atoms with Crippen molar-refractivity contribution in [3.05, 3.63) is 35.9 Å². The molecule has 0 bridgehead atoms. The number of fused-ring (bicyclic) bond motifs is 1. The molecule has 1 aromatic carbocycles. The highest BCUT2D eigenvalue weighted by Crippen LogP contribution is 2.31. The van der Waals surface area contributed by atoms with E-state index in [1.807, 2.05) is 0 Å². The van der Waals surface area contributed by atoms with Crippen LogP contribution in [0.5, 0.6) is 0 Å². The van der Waals surface area contributed by atoms with Crippen molar-refractivity contribution in [3.63, 3.8) is 0 Å². The molecule has 8 nitrogen and oxygen atoms in total. The number of H-pyrrole nitrogens is 1. The van der Waals surface area contributed by atoms with Crippen LogP contribution in [-0.2, 0) is 10.0 Å². The minimum Gasteiger partial charge on any atom is -0.383 e. The van der Waals surface area contributed by atoms with E-state index in [1.165, 1.54) is 6.20 Å². The Balaban J connectivity index is 2.08. The van der Waals surface area contributed by atoms with Gasteiger partial charge in [-0.2, -0.15) is 23.8 Å². The van der Waals surface area contributed by atoms with Crippen LogP contribution in [-0.4, -0.2) is 23.2 Å². The van der Waals surface area contributed by atoms with Crippen LogP contribution in [0.3, 0.4) is 0 Å². The van der Waals surface area contributed by atoms with E-state index in [9.17, 15) is 21.6 Å². The number of nitrogens with one attached hydrogen (secondary N) is 2. The molecular weight excluding hydrogens is 361 g/mol. The van der Waals surface area contributed by atoms with E-state index in [1.54, 1.807) is 6.07 Å². The SMILES string of the molecule is N#Cc1c[nH]c2c(NS(=O)(=O)c3cnn(C(F)F)c3N)ccc(F)c12. The molecule has 2 heterocycles. The van der Waals surface area contributed by atoms with E-state index >= 15 is 0 Å². The third-order valence-corrected chi connectivity index (χ3v) is 4.80. The molecule has 0 atom stereocenters. The molecule has 0 amide bonds. The summed E-state index contributed by atoms with van der Waals surface area (Å²) >= 11 is 0. The van der Waals surface area contributed by atoms with Gasteiger partial charge in [-0.25, -0.2) is 12.8 Å². The second kappa shape index (κ2) is 5.71. The van der Waals surface area contributed by atoms with Gasteiger partial charge in [-0.1, -0.05) is 0 Å². The number of nitrogen functional groups attached to an aromatic ring is 1. The lowest BCUT2D eigenvalue weighted by atomic mass is 10.1. The number of aromatic amines is 1. The zero-order valence-corrected chi connectivity index (χ0v) is 13.0. The molecule has 0 fully saturated rings. The Labute approximate surface area is 138 Å². The Kier molecular flexibility index (Phi) is 3.80. The minimum atomic E-state index is -4.38. The quantitative estimate of drug-likeness (QED) is 0.648. The Hall–Kier alpha value is -3.20. The second-order valence-electron chi connectivity index (χ2n) is 4.88. The van der Waals surface area contributed by atoms with Gasteiger partial charge < -0.3 is 10.7 Å². The molecule has 0 saturated heterocycles. The number of sulfonamides is 1. The summed E-state index contributed by atoms with van der Waals surface area (Å²) in [7, 11) is -4.38. The zero-order chi connectivity index (χ0) is 18.4. The fourth-order valence-electron chi connectivity index (χ4n) is 2.30. The topological polar surface area (TPSA) is 130 Å². The van der Waals surface area contributed by atoms with Crippen molar-refractivity contribution in [2.45, 2.75) is 11.4 Å². The summed E-state index contributed by atoms with van der Waals surface area (Å²) in [6.07, 6.45) is 1.90. The molecule has 0 spiro atoms. The van der Waals surface area contributed by atoms with Crippen LogP contribution in [0.25, 0.3) is 10.9 Å². The highest BCUT2D eigenvalue weighted by molar-refractivity contribution is 7.92. The van der Waals surface area contributed by atoms with E-state index in [4.69, 9.17) is 11.0 Å². The van der Waals surface area contributed by atoms with Crippen molar-refractivity contribution in [2.75, 3.05) is 10.5 Å². The third kappa shape index (κ3) is 2.64. The number of hydrogen-bond acceptors (Lipinski definition) is 5. The number of rotatable bonds is 4. The molecule has 2 aromatic heterocycles. The fourth-order valence-corrected chi connectivity index (χ4v) is 3.42. The number of nitriles is 1. The predicted octanol–water partition coefficient (Wildman–Crippen LogP) is 2.15. The van der Waals surface area contributed by atoms with Crippen LogP contribution in [0.4, 0.5) is 24.7 Å². The lowest BCUT2D eigenvalue weighted by Crippen LogP contribution is -2.15. The number of hydrogen-bond donors (Lipinski definition) is 3. The van der Waals surface area contributed by atoms with Crippen molar-refractivity contribution in [2.24, 2.45) is 0 Å². The molecule has 0 aliphatic carbocycles. The van der Waals surface area contributed by atoms with Crippen LogP contribution < -0.4 is 10.5 Å². The number of benzene rings is 1. The summed E-state index contributed by atoms with van der Waals surface area (Å²) < 4.78 is 66.2. The first-order valence-electron chi connectivity index (χ1n) is 6.60. The molecule has 130 valence electrons. The van der Waals surface area contributed by atoms with Crippen molar-refractivity contribution in [1.82, 2.24) is 14.8 Å². The molecule has 0 unspecified atom stereocenters. The number of nitrogens with two attached hydrogens (primary N) is 1. The molecule has 3 aromatic rings. The van der Waals surface area contributed by atoms with E-state index in [0.717, 1.165) is 12.1 Å². The number of aromatic nitrogens is 3. The second-order valence-corrected chi connectivity index (χ2v) is 6.53. The summed E-state index contributed by atoms with van der Waals surface area (Å²) in [4.78, 5) is 1.94. The van der Waals surface area contributed by atoms with Gasteiger partial charge in [-0.15, -0.1) is 0 Å². The van der Waals surface area contributed by atoms with Gasteiger partial charge in [-0.3, -0.25) is 4.72 Å². The smallest absolute Gasteiger partial charge is 0.335 e. The van der Waals surface area contributed by atoms with E-state index in [0.29, 0.717) is 6.20 Å². The van der Waals surface area contributed by atoms with Crippen molar-refractivity contribution in [3.8, 4) is 6.07 Å². The number of anilines is 2. The molecule has 0 aliphatic heterocycles. The first-order valence-corrected chi connectivity index (χ1v) is 8.08. The molecule has 0 aliphatic rings. The maximum atomic E-state index is 13.9. The van der Waals surface area contributed by atoms with E-state index in [-0.39, 0.29) is 26.8 Å². The van der Waals surface area contributed by atoms with Crippen molar-refractivity contribution < 1.29 is 21.6 Å². The largest absolute Gasteiger partial charge is 0.383 e. The van der Waals surface area contributed by atoms with Gasteiger partial charge in [0, 0.05) is 6.20 Å². The maximum absolute atomic E-state index is 13.9. The Bertz CT molecular complexity index is 1110. The summed E-state index contributed by atoms with van der Waals surface area (Å²) in [6.45, 7) is -3.11. The minimum absolute atomic E-state index is 0.0152. The first kappa shape index (κ1) is 16.7. The van der Waals surface area contributed by atoms with Crippen molar-refractivity contribution >= 4 is 32.4 Å². The van der Waals surface area contributed by atoms with Gasteiger partial charge in [0.2, 0.25) is 0 Å². The standard InChI is InChI=1S/C13H9F3N6O2S/c14-7-1-2-8(11-10(7)6(3-17)4-19-11)21-25(23,24)9-5-20-22(12(9)18)13(15)16/h1-2,4-5,13,19,21H,18H2. The maximum Gasteiger partial charge on any atom is 0.335 e. The van der Waals surface area contributed by atoms with E-state index in [2.05, 4.69) is 14.8 Å². The van der Waals surface area contributed by atoms with Crippen molar-refractivity contribution in [1.29, 1.82) is 5.26 Å². The van der Waals surface area contributed by atoms with Gasteiger partial charge >= 0.3 is 6.55 Å². The number of halogens is 3. The van der Waals surface area contributed by atoms with Crippen LogP contribution in [0.2, 0.25) is 0 Å². The summed E-state index contributed by atoms with van der Waals surface area (Å²) in [5.74, 6) is -1.47. The summed E-state index contributed by atoms with van der Waals surface area (Å²) in [5, 5.41) is 12.1. The van der Waals surface area contributed by atoms with E-state index < -0.39 is 33.1 Å². The van der Waals surface area contributed by atoms with Crippen LogP contribution >= 0.6 is 0 Å². The average molecular weight is 370 g/mol. The van der Waals surface area contributed by atoms with Crippen LogP contribution in [0, 0.1) is 17.1 Å². The molecular formula is C13H9F3N6O2S. The summed E-state index contributed by atoms with van der Waals surface area (Å²) in [6, 6.07) is 3.87. The van der Waals surface area contributed by atoms with Gasteiger partial charge in [0.05, 0.1) is 28.4 Å². The van der Waals surface area contributed by atoms with Gasteiger partial charge in [0.1, 0.15) is 22.6 Å². The highest BCUT2D eigenvalue weighted by Gasteiger charge is 2.26. The van der Waals surface area contributed by atoms with Gasteiger partial charge in [0.15, 0.2) is 0 Å². The lowest BCUT2D eigenvalue weighted by Gasteiger charge is -2.09. The van der Waals surface area contributed by atoms with Gasteiger partial charge in [-0.05, 0) is 12.1 Å². The van der Waals surface area contributed by atoms with Crippen LogP contribution in [0.15, 0.2) is 29.4 Å². The normalized spacial score (nSPS) is 11.8.